The molecule has 0 spiro atoms. The van der Waals surface area contributed by atoms with Gasteiger partial charge >= 0.3 is 0 Å². The zero-order valence-corrected chi connectivity index (χ0v) is 9.74. The second-order valence-electron chi connectivity index (χ2n) is 3.19. The third-order valence-electron chi connectivity index (χ3n) is 1.99. The van der Waals surface area contributed by atoms with Gasteiger partial charge in [-0.3, -0.25) is 0 Å². The molecule has 84 valence electrons. The van der Waals surface area contributed by atoms with E-state index in [9.17, 15) is 9.50 Å². The number of benzene rings is 1. The summed E-state index contributed by atoms with van der Waals surface area (Å²) in [5, 5.41) is 12.6. The first kappa shape index (κ1) is 12.6. The summed E-state index contributed by atoms with van der Waals surface area (Å²) < 4.78 is 12.8. The van der Waals surface area contributed by atoms with Gasteiger partial charge in [-0.15, -0.1) is 0 Å². The number of aliphatic hydroxyl groups is 1. The average Bonchev–Trinajstić information content (AvgIpc) is 2.15. The van der Waals surface area contributed by atoms with Crippen molar-refractivity contribution in [3.63, 3.8) is 0 Å². The fourth-order valence-electron chi connectivity index (χ4n) is 1.08. The van der Waals surface area contributed by atoms with Crippen LogP contribution in [0.3, 0.4) is 0 Å². The fraction of sp³-hybridized carbons (Fsp3) is 0.400. The van der Waals surface area contributed by atoms with E-state index >= 15 is 0 Å². The molecule has 0 fully saturated rings. The number of anilines is 1. The highest BCUT2D eigenvalue weighted by molar-refractivity contribution is 6.39. The number of hydrogen-bond donors (Lipinski definition) is 2. The van der Waals surface area contributed by atoms with Gasteiger partial charge in [0.15, 0.2) is 0 Å². The Balaban J connectivity index is 2.77. The van der Waals surface area contributed by atoms with Gasteiger partial charge in [-0.2, -0.15) is 0 Å². The smallest absolute Gasteiger partial charge is 0.126 e. The zero-order chi connectivity index (χ0) is 11.4. The normalized spacial score (nSPS) is 12.6. The molecule has 0 heterocycles. The van der Waals surface area contributed by atoms with E-state index in [0.29, 0.717) is 18.7 Å². The van der Waals surface area contributed by atoms with Crippen LogP contribution in [0.4, 0.5) is 10.1 Å². The van der Waals surface area contributed by atoms with Crippen molar-refractivity contribution in [2.45, 2.75) is 19.4 Å². The van der Waals surface area contributed by atoms with Crippen LogP contribution in [0.2, 0.25) is 10.0 Å². The minimum atomic E-state index is -0.480. The maximum Gasteiger partial charge on any atom is 0.126 e. The summed E-state index contributed by atoms with van der Waals surface area (Å²) in [6.45, 7) is 2.20. The number of aliphatic hydroxyl groups excluding tert-OH is 1. The summed E-state index contributed by atoms with van der Waals surface area (Å²) in [4.78, 5) is 0. The van der Waals surface area contributed by atoms with Crippen LogP contribution >= 0.6 is 23.2 Å². The number of nitrogens with one attached hydrogen (secondary N) is 1. The van der Waals surface area contributed by atoms with E-state index in [2.05, 4.69) is 5.32 Å². The minimum Gasteiger partial charge on any atom is -0.391 e. The molecule has 1 unspecified atom stereocenters. The highest BCUT2D eigenvalue weighted by Gasteiger charge is 2.09. The van der Waals surface area contributed by atoms with E-state index in [-0.39, 0.29) is 10.0 Å². The van der Waals surface area contributed by atoms with E-state index < -0.39 is 11.9 Å². The van der Waals surface area contributed by atoms with E-state index in [0.717, 1.165) is 0 Å². The van der Waals surface area contributed by atoms with Crippen molar-refractivity contribution in [3.05, 3.63) is 28.0 Å². The predicted molar refractivity (Wildman–Crippen MR) is 61.2 cm³/mol. The SMILES string of the molecule is CCC(O)CNc1c(Cl)cc(F)cc1Cl. The molecule has 1 aromatic rings. The Morgan fingerprint density at radius 2 is 1.93 bits per heavy atom. The van der Waals surface area contributed by atoms with E-state index in [4.69, 9.17) is 23.2 Å². The minimum absolute atomic E-state index is 0.211. The van der Waals surface area contributed by atoms with Gasteiger partial charge in [0.1, 0.15) is 5.82 Å². The van der Waals surface area contributed by atoms with Gasteiger partial charge in [0.05, 0.1) is 21.8 Å². The summed E-state index contributed by atoms with van der Waals surface area (Å²) in [5.74, 6) is -0.480. The Bertz CT molecular complexity index is 323. The maximum atomic E-state index is 12.8. The third-order valence-corrected chi connectivity index (χ3v) is 2.59. The lowest BCUT2D eigenvalue weighted by atomic mass is 10.2. The first-order valence-electron chi connectivity index (χ1n) is 4.61. The first-order valence-corrected chi connectivity index (χ1v) is 5.36. The molecular weight excluding hydrogens is 240 g/mol. The lowest BCUT2D eigenvalue weighted by Gasteiger charge is -2.13. The molecule has 1 aromatic carbocycles. The van der Waals surface area contributed by atoms with Gasteiger partial charge in [-0.05, 0) is 18.6 Å². The van der Waals surface area contributed by atoms with Crippen molar-refractivity contribution >= 4 is 28.9 Å². The van der Waals surface area contributed by atoms with Crippen LogP contribution in [0.5, 0.6) is 0 Å². The maximum absolute atomic E-state index is 12.8. The Labute approximate surface area is 98.0 Å². The largest absolute Gasteiger partial charge is 0.391 e. The van der Waals surface area contributed by atoms with Crippen molar-refractivity contribution in [1.82, 2.24) is 0 Å². The van der Waals surface area contributed by atoms with Crippen molar-refractivity contribution < 1.29 is 9.50 Å². The van der Waals surface area contributed by atoms with Gasteiger partial charge in [0, 0.05) is 6.54 Å². The van der Waals surface area contributed by atoms with Crippen LogP contribution in [0.25, 0.3) is 0 Å². The monoisotopic (exact) mass is 251 g/mol. The molecule has 0 aliphatic carbocycles. The Morgan fingerprint density at radius 1 is 1.40 bits per heavy atom. The molecule has 0 saturated carbocycles. The predicted octanol–water partition coefficient (Wildman–Crippen LogP) is 3.32. The highest BCUT2D eigenvalue weighted by Crippen LogP contribution is 2.31. The second-order valence-corrected chi connectivity index (χ2v) is 4.00. The van der Waals surface area contributed by atoms with E-state index in [1.54, 1.807) is 0 Å². The van der Waals surface area contributed by atoms with E-state index in [1.807, 2.05) is 6.92 Å². The van der Waals surface area contributed by atoms with Gasteiger partial charge in [0.2, 0.25) is 0 Å². The molecule has 15 heavy (non-hydrogen) atoms. The molecule has 1 atom stereocenters. The zero-order valence-electron chi connectivity index (χ0n) is 8.23. The van der Waals surface area contributed by atoms with Gasteiger partial charge < -0.3 is 10.4 Å². The number of halogens is 3. The Hall–Kier alpha value is -0.510. The van der Waals surface area contributed by atoms with Crippen LogP contribution in [-0.2, 0) is 0 Å². The molecule has 0 bridgehead atoms. The number of hydrogen-bond acceptors (Lipinski definition) is 2. The highest BCUT2D eigenvalue weighted by atomic mass is 35.5. The molecule has 0 radical (unpaired) electrons. The summed E-state index contributed by atoms with van der Waals surface area (Å²) >= 11 is 11.6. The average molecular weight is 252 g/mol. The molecule has 5 heteroatoms. The number of rotatable bonds is 4. The Kier molecular flexibility index (Phi) is 4.64. The molecule has 2 nitrogen and oxygen atoms in total. The quantitative estimate of drug-likeness (QED) is 0.861. The van der Waals surface area contributed by atoms with Crippen LogP contribution in [-0.4, -0.2) is 17.8 Å². The lowest BCUT2D eigenvalue weighted by Crippen LogP contribution is -2.18. The van der Waals surface area contributed by atoms with Crippen LogP contribution < -0.4 is 5.32 Å². The van der Waals surface area contributed by atoms with Crippen molar-refractivity contribution in [1.29, 1.82) is 0 Å². The summed E-state index contributed by atoms with van der Waals surface area (Å²) in [6, 6.07) is 2.35. The van der Waals surface area contributed by atoms with Gasteiger partial charge in [-0.25, -0.2) is 4.39 Å². The third kappa shape index (κ3) is 3.52. The van der Waals surface area contributed by atoms with Crippen LogP contribution in [0.1, 0.15) is 13.3 Å². The second kappa shape index (κ2) is 5.54. The van der Waals surface area contributed by atoms with Crippen molar-refractivity contribution in [2.75, 3.05) is 11.9 Å². The Morgan fingerprint density at radius 3 is 2.40 bits per heavy atom. The molecule has 0 amide bonds. The summed E-state index contributed by atoms with van der Waals surface area (Å²) in [6.07, 6.45) is 0.158. The standard InChI is InChI=1S/C10H12Cl2FNO/c1-2-7(15)5-14-10-8(11)3-6(13)4-9(10)12/h3-4,7,14-15H,2,5H2,1H3. The molecule has 0 aliphatic rings. The summed E-state index contributed by atoms with van der Waals surface area (Å²) in [5.41, 5.74) is 0.451. The lowest BCUT2D eigenvalue weighted by molar-refractivity contribution is 0.183. The van der Waals surface area contributed by atoms with Crippen molar-refractivity contribution in [2.24, 2.45) is 0 Å². The first-order chi connectivity index (χ1) is 7.04. The topological polar surface area (TPSA) is 32.3 Å². The van der Waals surface area contributed by atoms with Crippen molar-refractivity contribution in [3.8, 4) is 0 Å². The molecule has 1 rings (SSSR count). The fourth-order valence-corrected chi connectivity index (χ4v) is 1.67. The van der Waals surface area contributed by atoms with E-state index in [1.165, 1.54) is 12.1 Å². The summed E-state index contributed by atoms with van der Waals surface area (Å²) in [7, 11) is 0. The van der Waals surface area contributed by atoms with Crippen LogP contribution in [0.15, 0.2) is 12.1 Å². The van der Waals surface area contributed by atoms with Gasteiger partial charge in [-0.1, -0.05) is 30.1 Å². The molecule has 0 aromatic heterocycles. The molecule has 2 N–H and O–H groups in total. The van der Waals surface area contributed by atoms with Crippen LogP contribution in [0, 0.1) is 5.82 Å². The molecule has 0 aliphatic heterocycles. The van der Waals surface area contributed by atoms with Gasteiger partial charge in [0.25, 0.3) is 0 Å². The molecular formula is C10H12Cl2FNO. The molecule has 0 saturated heterocycles.